The second kappa shape index (κ2) is 6.02. The molecular weight excluding hydrogens is 273 g/mol. The predicted molar refractivity (Wildman–Crippen MR) is 67.3 cm³/mol. The van der Waals surface area contributed by atoms with Crippen molar-refractivity contribution in [2.45, 2.75) is 19.2 Å². The molecule has 1 saturated carbocycles. The first-order chi connectivity index (χ1) is 9.42. The number of ether oxygens (including phenoxy) is 1. The molecule has 0 radical (unpaired) electrons. The Morgan fingerprint density at radius 3 is 2.45 bits per heavy atom. The lowest BCUT2D eigenvalue weighted by molar-refractivity contribution is -0.274. The summed E-state index contributed by atoms with van der Waals surface area (Å²) in [5.41, 5.74) is 0.557. The first-order valence-electron chi connectivity index (χ1n) is 6.29. The molecule has 0 saturated heterocycles. The lowest BCUT2D eigenvalue weighted by atomic mass is 10.3. The topological polar surface area (TPSA) is 50.4 Å². The van der Waals surface area contributed by atoms with Crippen LogP contribution in [0.2, 0.25) is 0 Å². The van der Waals surface area contributed by atoms with E-state index in [2.05, 4.69) is 15.4 Å². The predicted octanol–water partition coefficient (Wildman–Crippen LogP) is 2.52. The highest BCUT2D eigenvalue weighted by atomic mass is 19.4. The number of carbonyl (C=O) groups is 1. The molecule has 0 spiro atoms. The van der Waals surface area contributed by atoms with Crippen molar-refractivity contribution in [1.29, 1.82) is 0 Å². The average molecular weight is 288 g/mol. The number of halogens is 3. The lowest BCUT2D eigenvalue weighted by Crippen LogP contribution is -2.31. The molecule has 0 bridgehead atoms. The second-order valence-electron chi connectivity index (χ2n) is 4.67. The molecule has 1 fully saturated rings. The third-order valence-corrected chi connectivity index (χ3v) is 2.83. The SMILES string of the molecule is O=C(CNc1ccc(OC(F)(F)F)cc1)NCC1CC1. The fourth-order valence-corrected chi connectivity index (χ4v) is 1.60. The first kappa shape index (κ1) is 14.5. The van der Waals surface area contributed by atoms with Crippen molar-refractivity contribution in [1.82, 2.24) is 5.32 Å². The molecule has 20 heavy (non-hydrogen) atoms. The zero-order chi connectivity index (χ0) is 14.6. The maximum absolute atomic E-state index is 12.0. The molecule has 0 unspecified atom stereocenters. The van der Waals surface area contributed by atoms with Crippen LogP contribution in [0.3, 0.4) is 0 Å². The highest BCUT2D eigenvalue weighted by Gasteiger charge is 2.30. The summed E-state index contributed by atoms with van der Waals surface area (Å²) < 4.78 is 39.6. The average Bonchev–Trinajstić information content (AvgIpc) is 3.17. The van der Waals surface area contributed by atoms with Crippen LogP contribution in [-0.2, 0) is 4.79 Å². The van der Waals surface area contributed by atoms with E-state index >= 15 is 0 Å². The summed E-state index contributed by atoms with van der Waals surface area (Å²) in [5, 5.41) is 5.61. The van der Waals surface area contributed by atoms with Crippen LogP contribution in [0.4, 0.5) is 18.9 Å². The van der Waals surface area contributed by atoms with Crippen LogP contribution in [0.1, 0.15) is 12.8 Å². The zero-order valence-electron chi connectivity index (χ0n) is 10.7. The quantitative estimate of drug-likeness (QED) is 0.845. The Bertz CT molecular complexity index is 456. The van der Waals surface area contributed by atoms with Gasteiger partial charge in [0, 0.05) is 12.2 Å². The second-order valence-corrected chi connectivity index (χ2v) is 4.67. The number of carbonyl (C=O) groups excluding carboxylic acids is 1. The number of hydrogen-bond acceptors (Lipinski definition) is 3. The lowest BCUT2D eigenvalue weighted by Gasteiger charge is -2.10. The number of nitrogens with one attached hydrogen (secondary N) is 2. The van der Waals surface area contributed by atoms with Gasteiger partial charge in [0.05, 0.1) is 6.54 Å². The molecule has 1 aromatic carbocycles. The summed E-state index contributed by atoms with van der Waals surface area (Å²) in [6, 6.07) is 5.24. The summed E-state index contributed by atoms with van der Waals surface area (Å²) in [6.45, 7) is 0.783. The molecule has 0 aromatic heterocycles. The zero-order valence-corrected chi connectivity index (χ0v) is 10.7. The van der Waals surface area contributed by atoms with Crippen molar-refractivity contribution < 1.29 is 22.7 Å². The number of anilines is 1. The van der Waals surface area contributed by atoms with Crippen molar-refractivity contribution in [3.8, 4) is 5.75 Å². The molecule has 0 heterocycles. The number of alkyl halides is 3. The normalized spacial score (nSPS) is 14.8. The van der Waals surface area contributed by atoms with Crippen LogP contribution in [0, 0.1) is 5.92 Å². The highest BCUT2D eigenvalue weighted by Crippen LogP contribution is 2.27. The van der Waals surface area contributed by atoms with Gasteiger partial charge in [0.2, 0.25) is 5.91 Å². The molecule has 0 atom stereocenters. The van der Waals surface area contributed by atoms with E-state index in [1.54, 1.807) is 0 Å². The Morgan fingerprint density at radius 1 is 1.25 bits per heavy atom. The van der Waals surface area contributed by atoms with E-state index in [-0.39, 0.29) is 18.2 Å². The number of hydrogen-bond donors (Lipinski definition) is 2. The minimum absolute atomic E-state index is 0.0895. The molecule has 1 aliphatic rings. The van der Waals surface area contributed by atoms with Crippen molar-refractivity contribution in [2.75, 3.05) is 18.4 Å². The molecule has 1 amide bonds. The molecule has 7 heteroatoms. The first-order valence-corrected chi connectivity index (χ1v) is 6.29. The van der Waals surface area contributed by atoms with Gasteiger partial charge in [-0.2, -0.15) is 0 Å². The van der Waals surface area contributed by atoms with E-state index < -0.39 is 6.36 Å². The highest BCUT2D eigenvalue weighted by molar-refractivity contribution is 5.80. The Hall–Kier alpha value is -1.92. The minimum atomic E-state index is -4.70. The van der Waals surface area contributed by atoms with Crippen LogP contribution in [0.5, 0.6) is 5.75 Å². The third kappa shape index (κ3) is 5.38. The van der Waals surface area contributed by atoms with E-state index in [0.717, 1.165) is 12.8 Å². The summed E-state index contributed by atoms with van der Waals surface area (Å²) in [4.78, 5) is 11.5. The van der Waals surface area contributed by atoms with E-state index in [9.17, 15) is 18.0 Å². The number of amides is 1. The van der Waals surface area contributed by atoms with Crippen LogP contribution in [-0.4, -0.2) is 25.4 Å². The monoisotopic (exact) mass is 288 g/mol. The van der Waals surface area contributed by atoms with Gasteiger partial charge in [-0.25, -0.2) is 0 Å². The van der Waals surface area contributed by atoms with Crippen molar-refractivity contribution >= 4 is 11.6 Å². The van der Waals surface area contributed by atoms with E-state index in [1.165, 1.54) is 24.3 Å². The summed E-state index contributed by atoms with van der Waals surface area (Å²) in [7, 11) is 0. The van der Waals surface area contributed by atoms with Gasteiger partial charge in [0.25, 0.3) is 0 Å². The largest absolute Gasteiger partial charge is 0.573 e. The molecule has 1 aliphatic carbocycles. The molecule has 2 rings (SSSR count). The van der Waals surface area contributed by atoms with Crippen LogP contribution >= 0.6 is 0 Å². The molecule has 4 nitrogen and oxygen atoms in total. The molecular formula is C13H15F3N2O2. The fourth-order valence-electron chi connectivity index (χ4n) is 1.60. The van der Waals surface area contributed by atoms with Gasteiger partial charge >= 0.3 is 6.36 Å². The molecule has 1 aromatic rings. The molecule has 2 N–H and O–H groups in total. The maximum Gasteiger partial charge on any atom is 0.573 e. The van der Waals surface area contributed by atoms with E-state index in [0.29, 0.717) is 18.2 Å². The van der Waals surface area contributed by atoms with Gasteiger partial charge in [0.1, 0.15) is 5.75 Å². The summed E-state index contributed by atoms with van der Waals surface area (Å²) in [5.74, 6) is 0.187. The van der Waals surface area contributed by atoms with Crippen molar-refractivity contribution in [3.05, 3.63) is 24.3 Å². The van der Waals surface area contributed by atoms with E-state index in [4.69, 9.17) is 0 Å². The Morgan fingerprint density at radius 2 is 1.90 bits per heavy atom. The van der Waals surface area contributed by atoms with Gasteiger partial charge in [-0.05, 0) is 43.0 Å². The number of rotatable bonds is 6. The van der Waals surface area contributed by atoms with Crippen LogP contribution in [0.15, 0.2) is 24.3 Å². The van der Waals surface area contributed by atoms with Crippen LogP contribution < -0.4 is 15.4 Å². The minimum Gasteiger partial charge on any atom is -0.406 e. The molecule has 110 valence electrons. The standard InChI is InChI=1S/C13H15F3N2O2/c14-13(15,16)20-11-5-3-10(4-6-11)17-8-12(19)18-7-9-1-2-9/h3-6,9,17H,1-2,7-8H2,(H,18,19). The van der Waals surface area contributed by atoms with Gasteiger partial charge in [-0.15, -0.1) is 13.2 Å². The van der Waals surface area contributed by atoms with Crippen molar-refractivity contribution in [3.63, 3.8) is 0 Å². The fraction of sp³-hybridized carbons (Fsp3) is 0.462. The Labute approximate surface area is 114 Å². The summed E-state index contributed by atoms with van der Waals surface area (Å²) in [6.07, 6.45) is -2.37. The molecule has 0 aliphatic heterocycles. The van der Waals surface area contributed by atoms with Gasteiger partial charge in [-0.1, -0.05) is 0 Å². The van der Waals surface area contributed by atoms with Gasteiger partial charge in [0.15, 0.2) is 0 Å². The Kier molecular flexibility index (Phi) is 4.36. The van der Waals surface area contributed by atoms with Gasteiger partial charge in [-0.3, -0.25) is 4.79 Å². The van der Waals surface area contributed by atoms with E-state index in [1.807, 2.05) is 0 Å². The Balaban J connectivity index is 1.73. The maximum atomic E-state index is 12.0. The van der Waals surface area contributed by atoms with Gasteiger partial charge < -0.3 is 15.4 Å². The third-order valence-electron chi connectivity index (χ3n) is 2.83. The summed E-state index contributed by atoms with van der Waals surface area (Å²) >= 11 is 0. The van der Waals surface area contributed by atoms with Crippen LogP contribution in [0.25, 0.3) is 0 Å². The number of benzene rings is 1. The smallest absolute Gasteiger partial charge is 0.406 e. The van der Waals surface area contributed by atoms with Crippen molar-refractivity contribution in [2.24, 2.45) is 5.92 Å².